The number of ether oxygens (including phenoxy) is 1. The molecule has 1 heterocycles. The Morgan fingerprint density at radius 1 is 1.03 bits per heavy atom. The molecule has 2 amide bonds. The van der Waals surface area contributed by atoms with Crippen LogP contribution in [0.1, 0.15) is 11.1 Å². The Morgan fingerprint density at radius 2 is 1.77 bits per heavy atom. The van der Waals surface area contributed by atoms with E-state index >= 15 is 0 Å². The van der Waals surface area contributed by atoms with Crippen LogP contribution in [0.15, 0.2) is 84.1 Å². The number of hydrogen-bond acceptors (Lipinski definition) is 5. The molecular weight excluding hydrogens is 466 g/mol. The van der Waals surface area contributed by atoms with Crippen molar-refractivity contribution in [1.82, 2.24) is 15.2 Å². The number of amides is 2. The molecular formula is C26H22ClN5O3. The molecule has 4 aromatic rings. The molecule has 0 saturated heterocycles. The highest BCUT2D eigenvalue weighted by Gasteiger charge is 2.15. The van der Waals surface area contributed by atoms with E-state index in [4.69, 9.17) is 21.4 Å². The van der Waals surface area contributed by atoms with Crippen LogP contribution in [0.25, 0.3) is 16.9 Å². The Bertz CT molecular complexity index is 1380. The fourth-order valence-electron chi connectivity index (χ4n) is 3.24. The number of aromatic nitrogens is 2. The number of rotatable bonds is 6. The number of hydrogen-bond donors (Lipinski definition) is 2. The second-order valence-electron chi connectivity index (χ2n) is 7.56. The number of methoxy groups -OCH3 is 1. The van der Waals surface area contributed by atoms with Gasteiger partial charge in [-0.1, -0.05) is 35.9 Å². The average Bonchev–Trinajstić information content (AvgIpc) is 3.31. The van der Waals surface area contributed by atoms with Crippen molar-refractivity contribution in [2.24, 2.45) is 5.10 Å². The van der Waals surface area contributed by atoms with Gasteiger partial charge in [-0.25, -0.2) is 10.1 Å². The van der Waals surface area contributed by atoms with Crippen LogP contribution in [0, 0.1) is 6.92 Å². The minimum Gasteiger partial charge on any atom is -0.497 e. The molecule has 4 rings (SSSR count). The van der Waals surface area contributed by atoms with Crippen LogP contribution in [0.4, 0.5) is 5.69 Å². The van der Waals surface area contributed by atoms with Crippen molar-refractivity contribution in [3.63, 3.8) is 0 Å². The molecule has 176 valence electrons. The monoisotopic (exact) mass is 487 g/mol. The third kappa shape index (κ3) is 5.74. The minimum atomic E-state index is -0.917. The van der Waals surface area contributed by atoms with E-state index in [0.29, 0.717) is 22.0 Å². The molecule has 0 spiro atoms. The zero-order valence-electron chi connectivity index (χ0n) is 19.0. The molecule has 0 aliphatic carbocycles. The van der Waals surface area contributed by atoms with Gasteiger partial charge in [0.1, 0.15) is 11.4 Å². The second-order valence-corrected chi connectivity index (χ2v) is 7.97. The molecule has 3 aromatic carbocycles. The zero-order valence-corrected chi connectivity index (χ0v) is 19.8. The number of anilines is 1. The van der Waals surface area contributed by atoms with Crippen LogP contribution in [0.5, 0.6) is 5.75 Å². The van der Waals surface area contributed by atoms with Gasteiger partial charge in [0.2, 0.25) is 0 Å². The Morgan fingerprint density at radius 3 is 2.46 bits per heavy atom. The number of para-hydroxylation sites is 1. The molecule has 8 nitrogen and oxygen atoms in total. The molecule has 0 saturated carbocycles. The topological polar surface area (TPSA) is 97.6 Å². The third-order valence-electron chi connectivity index (χ3n) is 5.13. The lowest BCUT2D eigenvalue weighted by molar-refractivity contribution is -0.136. The van der Waals surface area contributed by atoms with Crippen LogP contribution in [0.2, 0.25) is 5.02 Å². The van der Waals surface area contributed by atoms with Gasteiger partial charge in [0.15, 0.2) is 0 Å². The van der Waals surface area contributed by atoms with Gasteiger partial charge in [-0.2, -0.15) is 10.2 Å². The van der Waals surface area contributed by atoms with E-state index in [2.05, 4.69) is 15.8 Å². The molecule has 0 atom stereocenters. The van der Waals surface area contributed by atoms with E-state index in [9.17, 15) is 9.59 Å². The lowest BCUT2D eigenvalue weighted by atomic mass is 10.1. The molecule has 9 heteroatoms. The number of nitrogens with one attached hydrogen (secondary N) is 2. The van der Waals surface area contributed by atoms with Crippen LogP contribution in [-0.2, 0) is 9.59 Å². The first-order valence-corrected chi connectivity index (χ1v) is 11.0. The third-order valence-corrected chi connectivity index (χ3v) is 5.54. The van der Waals surface area contributed by atoms with Crippen molar-refractivity contribution < 1.29 is 14.3 Å². The molecule has 0 unspecified atom stereocenters. The van der Waals surface area contributed by atoms with Gasteiger partial charge in [-0.15, -0.1) is 0 Å². The minimum absolute atomic E-state index is 0.413. The number of hydrazone groups is 1. The van der Waals surface area contributed by atoms with Crippen molar-refractivity contribution in [1.29, 1.82) is 0 Å². The summed E-state index contributed by atoms with van der Waals surface area (Å²) in [5.74, 6) is -1.06. The van der Waals surface area contributed by atoms with E-state index in [0.717, 1.165) is 22.6 Å². The molecule has 35 heavy (non-hydrogen) atoms. The predicted molar refractivity (Wildman–Crippen MR) is 136 cm³/mol. The summed E-state index contributed by atoms with van der Waals surface area (Å²) in [5, 5.41) is 11.6. The van der Waals surface area contributed by atoms with Gasteiger partial charge in [0.05, 0.1) is 19.0 Å². The summed E-state index contributed by atoms with van der Waals surface area (Å²) in [6.07, 6.45) is 3.23. The maximum absolute atomic E-state index is 12.2. The van der Waals surface area contributed by atoms with Crippen LogP contribution in [0.3, 0.4) is 0 Å². The Kier molecular flexibility index (Phi) is 7.23. The molecule has 0 bridgehead atoms. The standard InChI is InChI=1S/C26H22ClN5O3/c1-17-8-11-20(14-23(17)27)29-25(33)26(34)30-28-15-19-16-32(21-6-4-3-5-7-21)31-24(19)18-9-12-22(35-2)13-10-18/h3-16H,1-2H3,(H,29,33)(H,30,34)/b28-15-. The zero-order chi connectivity index (χ0) is 24.8. The second kappa shape index (κ2) is 10.7. The maximum Gasteiger partial charge on any atom is 0.329 e. The number of nitrogens with zero attached hydrogens (tertiary/aromatic N) is 3. The summed E-state index contributed by atoms with van der Waals surface area (Å²) < 4.78 is 6.95. The average molecular weight is 488 g/mol. The summed E-state index contributed by atoms with van der Waals surface area (Å²) in [6.45, 7) is 1.84. The van der Waals surface area contributed by atoms with Gasteiger partial charge >= 0.3 is 11.8 Å². The molecule has 2 N–H and O–H groups in total. The van der Waals surface area contributed by atoms with Crippen molar-refractivity contribution in [2.75, 3.05) is 12.4 Å². The number of halogens is 1. The van der Waals surface area contributed by atoms with E-state index < -0.39 is 11.8 Å². The number of benzene rings is 3. The first kappa shape index (κ1) is 23.7. The summed E-state index contributed by atoms with van der Waals surface area (Å²) in [7, 11) is 1.60. The van der Waals surface area contributed by atoms with Crippen molar-refractivity contribution in [3.05, 3.63) is 95.1 Å². The molecule has 1 aromatic heterocycles. The van der Waals surface area contributed by atoms with Gasteiger partial charge in [-0.3, -0.25) is 9.59 Å². The van der Waals surface area contributed by atoms with Crippen LogP contribution >= 0.6 is 11.6 Å². The van der Waals surface area contributed by atoms with E-state index in [1.54, 1.807) is 36.2 Å². The highest BCUT2D eigenvalue weighted by atomic mass is 35.5. The summed E-state index contributed by atoms with van der Waals surface area (Å²) in [4.78, 5) is 24.5. The van der Waals surface area contributed by atoms with E-state index in [1.165, 1.54) is 6.21 Å². The lowest BCUT2D eigenvalue weighted by Crippen LogP contribution is -2.32. The van der Waals surface area contributed by atoms with E-state index in [1.807, 2.05) is 61.5 Å². The summed E-state index contributed by atoms with van der Waals surface area (Å²) >= 11 is 6.07. The SMILES string of the molecule is COc1ccc(-c2nn(-c3ccccc3)cc2/C=N\NC(=O)C(=O)Nc2ccc(C)c(Cl)c2)cc1. The highest BCUT2D eigenvalue weighted by molar-refractivity contribution is 6.39. The molecule has 0 fully saturated rings. The van der Waals surface area contributed by atoms with Gasteiger partial charge < -0.3 is 10.1 Å². The molecule has 0 radical (unpaired) electrons. The van der Waals surface area contributed by atoms with Crippen LogP contribution < -0.4 is 15.5 Å². The largest absolute Gasteiger partial charge is 0.497 e. The van der Waals surface area contributed by atoms with Crippen molar-refractivity contribution >= 4 is 35.3 Å². The predicted octanol–water partition coefficient (Wildman–Crippen LogP) is 4.60. The smallest absolute Gasteiger partial charge is 0.329 e. The van der Waals surface area contributed by atoms with Gasteiger partial charge in [-0.05, 0) is 61.0 Å². The Hall–Kier alpha value is -4.43. The summed E-state index contributed by atoms with van der Waals surface area (Å²) in [5.41, 5.74) is 6.52. The highest BCUT2D eigenvalue weighted by Crippen LogP contribution is 2.25. The maximum atomic E-state index is 12.2. The van der Waals surface area contributed by atoms with E-state index in [-0.39, 0.29) is 0 Å². The first-order valence-electron chi connectivity index (χ1n) is 10.6. The fourth-order valence-corrected chi connectivity index (χ4v) is 3.42. The Labute approximate surface area is 207 Å². The molecule has 0 aliphatic heterocycles. The van der Waals surface area contributed by atoms with Gasteiger partial charge in [0, 0.05) is 28.0 Å². The first-order chi connectivity index (χ1) is 16.9. The van der Waals surface area contributed by atoms with Gasteiger partial charge in [0.25, 0.3) is 0 Å². The van der Waals surface area contributed by atoms with Crippen LogP contribution in [-0.4, -0.2) is 34.9 Å². The normalized spacial score (nSPS) is 10.8. The quantitative estimate of drug-likeness (QED) is 0.236. The Balaban J connectivity index is 1.53. The number of aryl methyl sites for hydroxylation is 1. The molecule has 0 aliphatic rings. The number of carbonyl (C=O) groups is 2. The fraction of sp³-hybridized carbons (Fsp3) is 0.0769. The summed E-state index contributed by atoms with van der Waals surface area (Å²) in [6, 6.07) is 22.0. The van der Waals surface area contributed by atoms with Crippen molar-refractivity contribution in [2.45, 2.75) is 6.92 Å². The van der Waals surface area contributed by atoms with Crippen molar-refractivity contribution in [3.8, 4) is 22.7 Å². The lowest BCUT2D eigenvalue weighted by Gasteiger charge is -2.05. The number of carbonyl (C=O) groups excluding carboxylic acids is 2.